The maximum absolute atomic E-state index is 13.6. The molecule has 0 spiro atoms. The molecule has 1 unspecified atom stereocenters. The Morgan fingerprint density at radius 1 is 1.43 bits per heavy atom. The van der Waals surface area contributed by atoms with Gasteiger partial charge in [-0.05, 0) is 6.92 Å². The van der Waals surface area contributed by atoms with Crippen LogP contribution in [0.25, 0.3) is 0 Å². The number of fused-ring (bicyclic) bond motifs is 1. The first-order valence-electron chi connectivity index (χ1n) is 6.91. The Morgan fingerprint density at radius 2 is 2.17 bits per heavy atom. The number of nitrogens with zero attached hydrogens (tertiary/aromatic N) is 2. The van der Waals surface area contributed by atoms with E-state index in [0.717, 1.165) is 12.1 Å². The predicted octanol–water partition coefficient (Wildman–Crippen LogP) is 2.53. The molecule has 23 heavy (non-hydrogen) atoms. The van der Waals surface area contributed by atoms with Crippen LogP contribution in [0.2, 0.25) is 0 Å². The van der Waals surface area contributed by atoms with E-state index in [-0.39, 0.29) is 36.3 Å². The van der Waals surface area contributed by atoms with E-state index < -0.39 is 17.5 Å². The van der Waals surface area contributed by atoms with E-state index in [9.17, 15) is 13.6 Å². The molecule has 0 N–H and O–H groups in total. The first kappa shape index (κ1) is 15.4. The average molecular weight is 324 g/mol. The van der Waals surface area contributed by atoms with Gasteiger partial charge in [-0.3, -0.25) is 4.79 Å². The van der Waals surface area contributed by atoms with Crippen LogP contribution in [-0.4, -0.2) is 30.8 Å². The van der Waals surface area contributed by atoms with E-state index in [2.05, 4.69) is 5.16 Å². The molecule has 1 amide bonds. The van der Waals surface area contributed by atoms with Gasteiger partial charge in [-0.15, -0.1) is 0 Å². The molecule has 0 fully saturated rings. The van der Waals surface area contributed by atoms with Gasteiger partial charge in [0.2, 0.25) is 0 Å². The third kappa shape index (κ3) is 2.77. The van der Waals surface area contributed by atoms with Gasteiger partial charge >= 0.3 is 0 Å². The molecule has 122 valence electrons. The number of methoxy groups -OCH3 is 1. The van der Waals surface area contributed by atoms with Gasteiger partial charge in [-0.1, -0.05) is 5.16 Å². The number of carbonyl (C=O) groups excluding carboxylic acids is 1. The standard InChI is InChI=1S/C15H14F2N2O4/c1-8-5-19(13-3-10(16)11(17)4-14(13)23-8)15(20)9-6-22-18-12(9)7-21-2/h3-4,6,8H,5,7H2,1-2H3. The van der Waals surface area contributed by atoms with Crippen LogP contribution in [0.15, 0.2) is 22.9 Å². The highest BCUT2D eigenvalue weighted by molar-refractivity contribution is 6.07. The van der Waals surface area contributed by atoms with Crippen molar-refractivity contribution in [2.75, 3.05) is 18.6 Å². The minimum absolute atomic E-state index is 0.0993. The SMILES string of the molecule is COCc1nocc1C(=O)N1CC(C)Oc2cc(F)c(F)cc21. The van der Waals surface area contributed by atoms with E-state index >= 15 is 0 Å². The molecule has 1 aliphatic heterocycles. The third-order valence-electron chi connectivity index (χ3n) is 3.46. The second kappa shape index (κ2) is 5.96. The van der Waals surface area contributed by atoms with Crippen LogP contribution in [0.3, 0.4) is 0 Å². The fourth-order valence-corrected chi connectivity index (χ4v) is 2.45. The minimum Gasteiger partial charge on any atom is -0.487 e. The van der Waals surface area contributed by atoms with Crippen molar-refractivity contribution in [3.8, 4) is 5.75 Å². The van der Waals surface area contributed by atoms with Crippen LogP contribution in [0.5, 0.6) is 5.75 Å². The monoisotopic (exact) mass is 324 g/mol. The molecular weight excluding hydrogens is 310 g/mol. The summed E-state index contributed by atoms with van der Waals surface area (Å²) in [5, 5.41) is 3.72. The van der Waals surface area contributed by atoms with Gasteiger partial charge in [0.1, 0.15) is 29.4 Å². The summed E-state index contributed by atoms with van der Waals surface area (Å²) in [5.74, 6) is -2.42. The summed E-state index contributed by atoms with van der Waals surface area (Å²) in [6.45, 7) is 2.02. The Labute approximate surface area is 130 Å². The summed E-state index contributed by atoms with van der Waals surface area (Å²) in [7, 11) is 1.47. The molecule has 1 aliphatic rings. The Balaban J connectivity index is 2.01. The third-order valence-corrected chi connectivity index (χ3v) is 3.46. The second-order valence-electron chi connectivity index (χ2n) is 5.19. The van der Waals surface area contributed by atoms with Crippen LogP contribution in [0.4, 0.5) is 14.5 Å². The molecule has 1 atom stereocenters. The van der Waals surface area contributed by atoms with Crippen molar-refractivity contribution in [1.29, 1.82) is 0 Å². The average Bonchev–Trinajstić information content (AvgIpc) is 2.96. The van der Waals surface area contributed by atoms with Crippen molar-refractivity contribution in [2.45, 2.75) is 19.6 Å². The first-order chi connectivity index (χ1) is 11.0. The molecule has 0 saturated carbocycles. The van der Waals surface area contributed by atoms with Gasteiger partial charge in [-0.2, -0.15) is 0 Å². The van der Waals surface area contributed by atoms with Crippen molar-refractivity contribution >= 4 is 11.6 Å². The highest BCUT2D eigenvalue weighted by Crippen LogP contribution is 2.36. The molecule has 6 nitrogen and oxygen atoms in total. The van der Waals surface area contributed by atoms with E-state index in [1.54, 1.807) is 6.92 Å². The van der Waals surface area contributed by atoms with Gasteiger partial charge < -0.3 is 18.9 Å². The fourth-order valence-electron chi connectivity index (χ4n) is 2.45. The predicted molar refractivity (Wildman–Crippen MR) is 75.3 cm³/mol. The number of aromatic nitrogens is 1. The van der Waals surface area contributed by atoms with Crippen LogP contribution in [-0.2, 0) is 11.3 Å². The van der Waals surface area contributed by atoms with Crippen molar-refractivity contribution in [2.24, 2.45) is 0 Å². The topological polar surface area (TPSA) is 64.8 Å². The summed E-state index contributed by atoms with van der Waals surface area (Å²) in [6, 6.07) is 1.88. The van der Waals surface area contributed by atoms with Crippen LogP contribution >= 0.6 is 0 Å². The van der Waals surface area contributed by atoms with Crippen molar-refractivity contribution < 1.29 is 27.6 Å². The molecule has 2 heterocycles. The number of halogens is 2. The van der Waals surface area contributed by atoms with Gasteiger partial charge in [0.15, 0.2) is 11.6 Å². The summed E-state index contributed by atoms with van der Waals surface area (Å²) in [5.41, 5.74) is 0.703. The van der Waals surface area contributed by atoms with Gasteiger partial charge in [-0.25, -0.2) is 8.78 Å². The minimum atomic E-state index is -1.05. The zero-order valence-electron chi connectivity index (χ0n) is 12.5. The van der Waals surface area contributed by atoms with Crippen LogP contribution in [0, 0.1) is 11.6 Å². The molecule has 1 aromatic carbocycles. The van der Waals surface area contributed by atoms with Crippen molar-refractivity contribution in [3.05, 3.63) is 41.3 Å². The van der Waals surface area contributed by atoms with Gasteiger partial charge in [0.25, 0.3) is 5.91 Å². The molecule has 0 saturated heterocycles. The fraction of sp³-hybridized carbons (Fsp3) is 0.333. The summed E-state index contributed by atoms with van der Waals surface area (Å²) in [4.78, 5) is 14.1. The number of hydrogen-bond donors (Lipinski definition) is 0. The number of rotatable bonds is 3. The molecule has 8 heteroatoms. The Morgan fingerprint density at radius 3 is 2.91 bits per heavy atom. The van der Waals surface area contributed by atoms with E-state index in [1.807, 2.05) is 0 Å². The lowest BCUT2D eigenvalue weighted by atomic mass is 10.1. The van der Waals surface area contributed by atoms with E-state index in [4.69, 9.17) is 14.0 Å². The number of amides is 1. The molecular formula is C15H14F2N2O4. The largest absolute Gasteiger partial charge is 0.487 e. The number of hydrogen-bond acceptors (Lipinski definition) is 5. The lowest BCUT2D eigenvalue weighted by Crippen LogP contribution is -2.42. The van der Waals surface area contributed by atoms with E-state index in [1.165, 1.54) is 18.3 Å². The highest BCUT2D eigenvalue weighted by atomic mass is 19.2. The molecule has 0 radical (unpaired) electrons. The zero-order chi connectivity index (χ0) is 16.6. The zero-order valence-corrected chi connectivity index (χ0v) is 12.5. The number of ether oxygens (including phenoxy) is 2. The Kier molecular flexibility index (Phi) is 3.99. The maximum atomic E-state index is 13.6. The Hall–Kier alpha value is -2.48. The highest BCUT2D eigenvalue weighted by Gasteiger charge is 2.32. The van der Waals surface area contributed by atoms with Crippen LogP contribution < -0.4 is 9.64 Å². The maximum Gasteiger partial charge on any atom is 0.263 e. The van der Waals surface area contributed by atoms with E-state index in [0.29, 0.717) is 5.69 Å². The summed E-state index contributed by atoms with van der Waals surface area (Å²) >= 11 is 0. The Bertz CT molecular complexity index is 747. The summed E-state index contributed by atoms with van der Waals surface area (Å²) < 4.78 is 42.2. The lowest BCUT2D eigenvalue weighted by molar-refractivity contribution is 0.0955. The molecule has 0 bridgehead atoms. The number of benzene rings is 1. The van der Waals surface area contributed by atoms with Gasteiger partial charge in [0.05, 0.1) is 18.8 Å². The lowest BCUT2D eigenvalue weighted by Gasteiger charge is -2.33. The second-order valence-corrected chi connectivity index (χ2v) is 5.19. The molecule has 2 aromatic rings. The molecule has 3 rings (SSSR count). The van der Waals surface area contributed by atoms with Crippen LogP contribution in [0.1, 0.15) is 23.0 Å². The van der Waals surface area contributed by atoms with Crippen molar-refractivity contribution in [1.82, 2.24) is 5.16 Å². The number of anilines is 1. The molecule has 0 aliphatic carbocycles. The number of carbonyl (C=O) groups is 1. The summed E-state index contributed by atoms with van der Waals surface area (Å²) in [6.07, 6.45) is 0.832. The first-order valence-corrected chi connectivity index (χ1v) is 6.91. The quantitative estimate of drug-likeness (QED) is 0.868. The molecule has 1 aromatic heterocycles. The van der Waals surface area contributed by atoms with Gasteiger partial charge in [0, 0.05) is 19.2 Å². The smallest absolute Gasteiger partial charge is 0.263 e. The normalized spacial score (nSPS) is 16.9. The van der Waals surface area contributed by atoms with Crippen molar-refractivity contribution in [3.63, 3.8) is 0 Å².